The van der Waals surface area contributed by atoms with Gasteiger partial charge in [0.05, 0.1) is 7.11 Å². The molecule has 1 saturated heterocycles. The Morgan fingerprint density at radius 3 is 2.57 bits per heavy atom. The standard InChI is InChI=1S/C23H28ClN3O3/c1-30-21-11-4-17(5-12-21)15-25-22(28)13-6-18-3-2-14-27(16-18)23(29)26-20-9-7-19(24)8-10-20/h4-5,7-12,18H,2-3,6,13-16H2,1H3,(H,25,28)(H,26,29)/t18-/m0/s1. The molecule has 1 aliphatic heterocycles. The number of carbonyl (C=O) groups is 2. The van der Waals surface area contributed by atoms with Gasteiger partial charge in [0.25, 0.3) is 0 Å². The summed E-state index contributed by atoms with van der Waals surface area (Å²) in [5, 5.41) is 6.51. The van der Waals surface area contributed by atoms with E-state index < -0.39 is 0 Å². The summed E-state index contributed by atoms with van der Waals surface area (Å²) < 4.78 is 5.14. The van der Waals surface area contributed by atoms with Crippen LogP contribution in [-0.4, -0.2) is 37.0 Å². The number of amides is 3. The number of hydrogen-bond acceptors (Lipinski definition) is 3. The lowest BCUT2D eigenvalue weighted by molar-refractivity contribution is -0.121. The molecule has 0 bridgehead atoms. The van der Waals surface area contributed by atoms with Gasteiger partial charge in [0, 0.05) is 36.8 Å². The number of halogens is 1. The van der Waals surface area contributed by atoms with Crippen molar-refractivity contribution in [3.8, 4) is 5.75 Å². The smallest absolute Gasteiger partial charge is 0.321 e. The molecule has 0 unspecified atom stereocenters. The Balaban J connectivity index is 1.40. The minimum Gasteiger partial charge on any atom is -0.497 e. The van der Waals surface area contributed by atoms with Crippen molar-refractivity contribution in [3.05, 3.63) is 59.1 Å². The fraction of sp³-hybridized carbons (Fsp3) is 0.391. The Hall–Kier alpha value is -2.73. The summed E-state index contributed by atoms with van der Waals surface area (Å²) in [7, 11) is 1.63. The molecule has 6 nitrogen and oxygen atoms in total. The van der Waals surface area contributed by atoms with Gasteiger partial charge < -0.3 is 20.3 Å². The monoisotopic (exact) mass is 429 g/mol. The molecule has 0 aliphatic carbocycles. The summed E-state index contributed by atoms with van der Waals surface area (Å²) in [4.78, 5) is 26.6. The fourth-order valence-electron chi connectivity index (χ4n) is 3.59. The average molecular weight is 430 g/mol. The highest BCUT2D eigenvalue weighted by molar-refractivity contribution is 6.30. The SMILES string of the molecule is COc1ccc(CNC(=O)CC[C@@H]2CCCN(C(=O)Nc3ccc(Cl)cc3)C2)cc1. The molecule has 1 fully saturated rings. The van der Waals surface area contributed by atoms with Gasteiger partial charge in [-0.25, -0.2) is 4.79 Å². The van der Waals surface area contributed by atoms with Crippen LogP contribution < -0.4 is 15.4 Å². The quantitative estimate of drug-likeness (QED) is 0.670. The van der Waals surface area contributed by atoms with E-state index in [1.807, 2.05) is 29.2 Å². The Kier molecular flexibility index (Phi) is 7.97. The van der Waals surface area contributed by atoms with E-state index in [2.05, 4.69) is 10.6 Å². The highest BCUT2D eigenvalue weighted by atomic mass is 35.5. The normalized spacial score (nSPS) is 16.1. The van der Waals surface area contributed by atoms with E-state index in [1.165, 1.54) is 0 Å². The Labute approximate surface area is 182 Å². The molecule has 30 heavy (non-hydrogen) atoms. The third kappa shape index (κ3) is 6.66. The van der Waals surface area contributed by atoms with Crippen LogP contribution in [0.15, 0.2) is 48.5 Å². The fourth-order valence-corrected chi connectivity index (χ4v) is 3.71. The molecule has 3 rings (SSSR count). The van der Waals surface area contributed by atoms with E-state index >= 15 is 0 Å². The lowest BCUT2D eigenvalue weighted by Crippen LogP contribution is -2.42. The number of nitrogens with zero attached hydrogens (tertiary/aromatic N) is 1. The van der Waals surface area contributed by atoms with E-state index in [0.29, 0.717) is 30.5 Å². The van der Waals surface area contributed by atoms with Crippen molar-refractivity contribution in [1.82, 2.24) is 10.2 Å². The number of rotatable bonds is 7. The van der Waals surface area contributed by atoms with Crippen LogP contribution in [0.3, 0.4) is 0 Å². The number of hydrogen-bond donors (Lipinski definition) is 2. The first kappa shape index (κ1) is 22.0. The lowest BCUT2D eigenvalue weighted by atomic mass is 9.93. The second-order valence-electron chi connectivity index (χ2n) is 7.55. The topological polar surface area (TPSA) is 70.7 Å². The first-order valence-corrected chi connectivity index (χ1v) is 10.6. The summed E-state index contributed by atoms with van der Waals surface area (Å²) in [5.41, 5.74) is 1.76. The maximum atomic E-state index is 12.5. The zero-order chi connectivity index (χ0) is 21.3. The van der Waals surface area contributed by atoms with E-state index in [9.17, 15) is 9.59 Å². The highest BCUT2D eigenvalue weighted by Gasteiger charge is 2.24. The summed E-state index contributed by atoms with van der Waals surface area (Å²) in [6, 6.07) is 14.6. The Morgan fingerprint density at radius 2 is 1.87 bits per heavy atom. The number of urea groups is 1. The first-order chi connectivity index (χ1) is 14.5. The molecule has 0 spiro atoms. The highest BCUT2D eigenvalue weighted by Crippen LogP contribution is 2.22. The van der Waals surface area contributed by atoms with Gasteiger partial charge in [0.2, 0.25) is 5.91 Å². The van der Waals surface area contributed by atoms with Gasteiger partial charge in [-0.2, -0.15) is 0 Å². The molecule has 160 valence electrons. The number of piperidine rings is 1. The van der Waals surface area contributed by atoms with Crippen molar-refractivity contribution < 1.29 is 14.3 Å². The average Bonchev–Trinajstić information content (AvgIpc) is 2.78. The van der Waals surface area contributed by atoms with Crippen molar-refractivity contribution in [2.75, 3.05) is 25.5 Å². The van der Waals surface area contributed by atoms with Crippen LogP contribution in [0.1, 0.15) is 31.2 Å². The predicted molar refractivity (Wildman–Crippen MR) is 119 cm³/mol. The van der Waals surface area contributed by atoms with E-state index in [0.717, 1.165) is 42.8 Å². The van der Waals surface area contributed by atoms with Gasteiger partial charge in [-0.3, -0.25) is 4.79 Å². The summed E-state index contributed by atoms with van der Waals surface area (Å²) >= 11 is 5.88. The van der Waals surface area contributed by atoms with Gasteiger partial charge in [-0.15, -0.1) is 0 Å². The third-order valence-corrected chi connectivity index (χ3v) is 5.58. The Morgan fingerprint density at radius 1 is 1.13 bits per heavy atom. The second-order valence-corrected chi connectivity index (χ2v) is 7.99. The molecule has 0 aromatic heterocycles. The van der Waals surface area contributed by atoms with Crippen molar-refractivity contribution in [3.63, 3.8) is 0 Å². The van der Waals surface area contributed by atoms with Gasteiger partial charge in [-0.1, -0.05) is 23.7 Å². The van der Waals surface area contributed by atoms with Crippen molar-refractivity contribution in [1.29, 1.82) is 0 Å². The maximum Gasteiger partial charge on any atom is 0.321 e. The maximum absolute atomic E-state index is 12.5. The Bertz CT molecular complexity index is 840. The van der Waals surface area contributed by atoms with Gasteiger partial charge >= 0.3 is 6.03 Å². The molecule has 3 amide bonds. The van der Waals surface area contributed by atoms with Crippen molar-refractivity contribution in [2.45, 2.75) is 32.2 Å². The number of anilines is 1. The van der Waals surface area contributed by atoms with Crippen molar-refractivity contribution in [2.24, 2.45) is 5.92 Å². The minimum absolute atomic E-state index is 0.0357. The van der Waals surface area contributed by atoms with Crippen LogP contribution >= 0.6 is 11.6 Å². The van der Waals surface area contributed by atoms with Crippen LogP contribution in [0.4, 0.5) is 10.5 Å². The van der Waals surface area contributed by atoms with Crippen LogP contribution in [0.25, 0.3) is 0 Å². The molecule has 1 atom stereocenters. The van der Waals surface area contributed by atoms with Crippen LogP contribution in [0, 0.1) is 5.92 Å². The largest absolute Gasteiger partial charge is 0.497 e. The van der Waals surface area contributed by atoms with Crippen LogP contribution in [0.5, 0.6) is 5.75 Å². The van der Waals surface area contributed by atoms with Crippen LogP contribution in [0.2, 0.25) is 5.02 Å². The second kappa shape index (κ2) is 10.9. The first-order valence-electron chi connectivity index (χ1n) is 10.2. The molecular formula is C23H28ClN3O3. The molecule has 1 aliphatic rings. The molecule has 2 aromatic rings. The number of ether oxygens (including phenoxy) is 1. The summed E-state index contributed by atoms with van der Waals surface area (Å²) in [6.45, 7) is 1.91. The van der Waals surface area contributed by atoms with Gasteiger partial charge in [-0.05, 0) is 67.1 Å². The molecule has 1 heterocycles. The molecule has 0 saturated carbocycles. The summed E-state index contributed by atoms with van der Waals surface area (Å²) in [5.74, 6) is 1.17. The van der Waals surface area contributed by atoms with E-state index in [4.69, 9.17) is 16.3 Å². The minimum atomic E-state index is -0.106. The zero-order valence-corrected chi connectivity index (χ0v) is 18.0. The van der Waals surface area contributed by atoms with Gasteiger partial charge in [0.15, 0.2) is 0 Å². The zero-order valence-electron chi connectivity index (χ0n) is 17.2. The number of likely N-dealkylation sites (tertiary alicyclic amines) is 1. The van der Waals surface area contributed by atoms with E-state index in [-0.39, 0.29) is 11.9 Å². The molecule has 7 heteroatoms. The molecule has 2 N–H and O–H groups in total. The molecule has 0 radical (unpaired) electrons. The molecule has 2 aromatic carbocycles. The van der Waals surface area contributed by atoms with Crippen LogP contribution in [-0.2, 0) is 11.3 Å². The van der Waals surface area contributed by atoms with Gasteiger partial charge in [0.1, 0.15) is 5.75 Å². The predicted octanol–water partition coefficient (Wildman–Crippen LogP) is 4.69. The van der Waals surface area contributed by atoms with E-state index in [1.54, 1.807) is 31.4 Å². The molecular weight excluding hydrogens is 402 g/mol. The summed E-state index contributed by atoms with van der Waals surface area (Å²) in [6.07, 6.45) is 3.23. The number of benzene rings is 2. The number of methoxy groups -OCH3 is 1. The third-order valence-electron chi connectivity index (χ3n) is 5.33. The number of carbonyl (C=O) groups excluding carboxylic acids is 2. The number of nitrogens with one attached hydrogen (secondary N) is 2. The lowest BCUT2D eigenvalue weighted by Gasteiger charge is -2.32. The van der Waals surface area contributed by atoms with Crippen molar-refractivity contribution >= 4 is 29.2 Å².